The van der Waals surface area contributed by atoms with Gasteiger partial charge in [0.1, 0.15) is 5.75 Å². The summed E-state index contributed by atoms with van der Waals surface area (Å²) >= 11 is 0. The maximum atomic E-state index is 12.4. The number of carbonyl (C=O) groups is 1. The minimum absolute atomic E-state index is 0.0161. The van der Waals surface area contributed by atoms with Crippen LogP contribution in [-0.4, -0.2) is 41.2 Å². The van der Waals surface area contributed by atoms with Gasteiger partial charge in [0.05, 0.1) is 12.2 Å². The Morgan fingerprint density at radius 1 is 1.40 bits per heavy atom. The lowest BCUT2D eigenvalue weighted by Gasteiger charge is -2.18. The highest BCUT2D eigenvalue weighted by molar-refractivity contribution is 5.94. The Morgan fingerprint density at radius 3 is 2.75 bits per heavy atom. The van der Waals surface area contributed by atoms with Crippen LogP contribution in [0.15, 0.2) is 24.3 Å². The van der Waals surface area contributed by atoms with Crippen molar-refractivity contribution < 1.29 is 14.6 Å². The van der Waals surface area contributed by atoms with Gasteiger partial charge in [0.15, 0.2) is 0 Å². The Bertz CT molecular complexity index is 471. The zero-order chi connectivity index (χ0) is 14.7. The molecule has 1 saturated heterocycles. The average molecular weight is 277 g/mol. The van der Waals surface area contributed by atoms with Crippen LogP contribution in [0.1, 0.15) is 37.6 Å². The van der Waals surface area contributed by atoms with E-state index >= 15 is 0 Å². The lowest BCUT2D eigenvalue weighted by molar-refractivity contribution is 0.0761. The van der Waals surface area contributed by atoms with E-state index in [0.29, 0.717) is 18.7 Å². The van der Waals surface area contributed by atoms with Crippen LogP contribution in [0.5, 0.6) is 5.75 Å². The molecule has 4 nitrogen and oxygen atoms in total. The van der Waals surface area contributed by atoms with E-state index in [2.05, 4.69) is 0 Å². The van der Waals surface area contributed by atoms with Gasteiger partial charge in [0.2, 0.25) is 0 Å². The number of aliphatic hydroxyl groups is 1. The molecule has 110 valence electrons. The number of nitrogens with zero attached hydrogens (tertiary/aromatic N) is 1. The van der Waals surface area contributed by atoms with Crippen molar-refractivity contribution in [3.05, 3.63) is 29.8 Å². The van der Waals surface area contributed by atoms with E-state index in [1.165, 1.54) is 0 Å². The number of hydrogen-bond donors (Lipinski definition) is 1. The van der Waals surface area contributed by atoms with Gasteiger partial charge in [0, 0.05) is 24.6 Å². The largest absolute Gasteiger partial charge is 0.491 e. The third-order valence-corrected chi connectivity index (χ3v) is 3.65. The predicted octanol–water partition coefficient (Wildman–Crippen LogP) is 2.32. The normalized spacial score (nSPS) is 20.2. The molecular formula is C16H23NO3. The zero-order valence-corrected chi connectivity index (χ0v) is 12.4. The minimum atomic E-state index is -0.358. The maximum Gasteiger partial charge on any atom is 0.253 e. The summed E-state index contributed by atoms with van der Waals surface area (Å²) in [4.78, 5) is 14.3. The van der Waals surface area contributed by atoms with Crippen LogP contribution in [0.25, 0.3) is 0 Å². The number of aliphatic hydroxyl groups excluding tert-OH is 1. The van der Waals surface area contributed by atoms with E-state index < -0.39 is 0 Å². The first kappa shape index (κ1) is 14.9. The SMILES string of the molecule is CC(C)Oc1cccc(C(=O)N2CCC(C(C)O)C2)c1. The second-order valence-electron chi connectivity index (χ2n) is 5.73. The monoisotopic (exact) mass is 277 g/mol. The molecule has 2 atom stereocenters. The number of amides is 1. The van der Waals surface area contributed by atoms with E-state index in [9.17, 15) is 9.90 Å². The summed E-state index contributed by atoms with van der Waals surface area (Å²) < 4.78 is 5.62. The maximum absolute atomic E-state index is 12.4. The number of benzene rings is 1. The number of rotatable bonds is 4. The van der Waals surface area contributed by atoms with E-state index in [0.717, 1.165) is 12.2 Å². The fourth-order valence-corrected chi connectivity index (χ4v) is 2.52. The summed E-state index contributed by atoms with van der Waals surface area (Å²) in [5, 5.41) is 9.61. The predicted molar refractivity (Wildman–Crippen MR) is 77.9 cm³/mol. The minimum Gasteiger partial charge on any atom is -0.491 e. The van der Waals surface area contributed by atoms with Crippen molar-refractivity contribution in [3.63, 3.8) is 0 Å². The van der Waals surface area contributed by atoms with E-state index in [1.54, 1.807) is 13.0 Å². The van der Waals surface area contributed by atoms with Crippen LogP contribution in [0.2, 0.25) is 0 Å². The Kier molecular flexibility index (Phi) is 4.65. The smallest absolute Gasteiger partial charge is 0.253 e. The van der Waals surface area contributed by atoms with Crippen LogP contribution in [0, 0.1) is 5.92 Å². The third-order valence-electron chi connectivity index (χ3n) is 3.65. The Hall–Kier alpha value is -1.55. The first-order chi connectivity index (χ1) is 9.47. The fraction of sp³-hybridized carbons (Fsp3) is 0.562. The molecule has 0 radical (unpaired) electrons. The molecule has 1 aromatic carbocycles. The molecule has 2 unspecified atom stereocenters. The van der Waals surface area contributed by atoms with Gasteiger partial charge in [-0.15, -0.1) is 0 Å². The molecule has 1 aliphatic rings. The molecule has 20 heavy (non-hydrogen) atoms. The van der Waals surface area contributed by atoms with Crippen molar-refractivity contribution in [2.24, 2.45) is 5.92 Å². The van der Waals surface area contributed by atoms with Crippen LogP contribution in [0.4, 0.5) is 0 Å². The van der Waals surface area contributed by atoms with Crippen molar-refractivity contribution in [2.75, 3.05) is 13.1 Å². The molecule has 1 aliphatic heterocycles. The van der Waals surface area contributed by atoms with Crippen LogP contribution in [-0.2, 0) is 0 Å². The van der Waals surface area contributed by atoms with Gasteiger partial charge in [-0.3, -0.25) is 4.79 Å². The van der Waals surface area contributed by atoms with Crippen molar-refractivity contribution in [2.45, 2.75) is 39.4 Å². The zero-order valence-electron chi connectivity index (χ0n) is 12.4. The van der Waals surface area contributed by atoms with Gasteiger partial charge in [-0.1, -0.05) is 6.07 Å². The lowest BCUT2D eigenvalue weighted by atomic mass is 10.0. The first-order valence-corrected chi connectivity index (χ1v) is 7.21. The molecule has 1 aromatic rings. The molecule has 0 aromatic heterocycles. The number of carbonyl (C=O) groups excluding carboxylic acids is 1. The summed E-state index contributed by atoms with van der Waals surface area (Å²) in [6.45, 7) is 7.05. The molecule has 4 heteroatoms. The van der Waals surface area contributed by atoms with E-state index in [1.807, 2.05) is 36.9 Å². The van der Waals surface area contributed by atoms with Gasteiger partial charge in [-0.05, 0) is 45.4 Å². The van der Waals surface area contributed by atoms with Crippen LogP contribution >= 0.6 is 0 Å². The number of likely N-dealkylation sites (tertiary alicyclic amines) is 1. The third kappa shape index (κ3) is 3.51. The standard InChI is InChI=1S/C16H23NO3/c1-11(2)20-15-6-4-5-13(9-15)16(19)17-8-7-14(10-17)12(3)18/h4-6,9,11-12,14,18H,7-8,10H2,1-3H3. The molecule has 1 amide bonds. The molecule has 2 rings (SSSR count). The Labute approximate surface area is 120 Å². The van der Waals surface area contributed by atoms with Crippen molar-refractivity contribution in [3.8, 4) is 5.75 Å². The van der Waals surface area contributed by atoms with E-state index in [4.69, 9.17) is 4.74 Å². The van der Waals surface area contributed by atoms with E-state index in [-0.39, 0.29) is 24.0 Å². The van der Waals surface area contributed by atoms with Crippen LogP contribution < -0.4 is 4.74 Å². The molecule has 0 bridgehead atoms. The molecule has 1 N–H and O–H groups in total. The summed E-state index contributed by atoms with van der Waals surface area (Å²) in [7, 11) is 0. The summed E-state index contributed by atoms with van der Waals surface area (Å²) in [6.07, 6.45) is 0.598. The Balaban J connectivity index is 2.06. The number of ether oxygens (including phenoxy) is 1. The van der Waals surface area contributed by atoms with Crippen molar-refractivity contribution >= 4 is 5.91 Å². The lowest BCUT2D eigenvalue weighted by Crippen LogP contribution is -2.30. The van der Waals surface area contributed by atoms with Gasteiger partial charge in [-0.2, -0.15) is 0 Å². The van der Waals surface area contributed by atoms with Gasteiger partial charge in [-0.25, -0.2) is 0 Å². The highest BCUT2D eigenvalue weighted by Gasteiger charge is 2.29. The van der Waals surface area contributed by atoms with Crippen molar-refractivity contribution in [1.82, 2.24) is 4.90 Å². The van der Waals surface area contributed by atoms with Crippen LogP contribution in [0.3, 0.4) is 0 Å². The highest BCUT2D eigenvalue weighted by Crippen LogP contribution is 2.23. The quantitative estimate of drug-likeness (QED) is 0.919. The van der Waals surface area contributed by atoms with Crippen molar-refractivity contribution in [1.29, 1.82) is 0 Å². The van der Waals surface area contributed by atoms with Gasteiger partial charge < -0.3 is 14.7 Å². The Morgan fingerprint density at radius 2 is 2.15 bits per heavy atom. The fourth-order valence-electron chi connectivity index (χ4n) is 2.52. The van der Waals surface area contributed by atoms with Gasteiger partial charge in [0.25, 0.3) is 5.91 Å². The molecule has 1 heterocycles. The second-order valence-corrected chi connectivity index (χ2v) is 5.73. The average Bonchev–Trinajstić information content (AvgIpc) is 2.87. The summed E-state index contributed by atoms with van der Waals surface area (Å²) in [6, 6.07) is 7.30. The first-order valence-electron chi connectivity index (χ1n) is 7.21. The second kappa shape index (κ2) is 6.27. The summed E-state index contributed by atoms with van der Waals surface area (Å²) in [5.74, 6) is 0.925. The molecular weight excluding hydrogens is 254 g/mol. The molecule has 1 fully saturated rings. The molecule has 0 aliphatic carbocycles. The molecule has 0 saturated carbocycles. The topological polar surface area (TPSA) is 49.8 Å². The number of hydrogen-bond acceptors (Lipinski definition) is 3. The van der Waals surface area contributed by atoms with Gasteiger partial charge >= 0.3 is 0 Å². The molecule has 0 spiro atoms. The summed E-state index contributed by atoms with van der Waals surface area (Å²) in [5.41, 5.74) is 0.648. The highest BCUT2D eigenvalue weighted by atomic mass is 16.5.